The van der Waals surface area contributed by atoms with Crippen molar-refractivity contribution >= 4 is 39.3 Å². The second-order valence-electron chi connectivity index (χ2n) is 5.91. The SMILES string of the molecule is Cc1nc(SCC(=O)Nc2ccc(Br)cc2)n(CC(C)C)c1C. The van der Waals surface area contributed by atoms with E-state index in [1.807, 2.05) is 31.2 Å². The van der Waals surface area contributed by atoms with Crippen LogP contribution < -0.4 is 5.32 Å². The van der Waals surface area contributed by atoms with Crippen LogP contribution in [-0.4, -0.2) is 21.2 Å². The second kappa shape index (κ2) is 8.02. The van der Waals surface area contributed by atoms with Gasteiger partial charge in [0.1, 0.15) is 0 Å². The summed E-state index contributed by atoms with van der Waals surface area (Å²) in [6.45, 7) is 9.38. The Labute approximate surface area is 150 Å². The third-order valence-electron chi connectivity index (χ3n) is 3.43. The number of rotatable bonds is 6. The highest BCUT2D eigenvalue weighted by Crippen LogP contribution is 2.23. The number of anilines is 1. The van der Waals surface area contributed by atoms with E-state index < -0.39 is 0 Å². The van der Waals surface area contributed by atoms with Gasteiger partial charge in [-0.1, -0.05) is 41.5 Å². The van der Waals surface area contributed by atoms with Crippen LogP contribution in [0.5, 0.6) is 0 Å². The van der Waals surface area contributed by atoms with E-state index in [9.17, 15) is 4.79 Å². The van der Waals surface area contributed by atoms with Gasteiger partial charge in [-0.15, -0.1) is 0 Å². The monoisotopic (exact) mass is 395 g/mol. The molecule has 0 radical (unpaired) electrons. The maximum absolute atomic E-state index is 12.1. The lowest BCUT2D eigenvalue weighted by atomic mass is 10.2. The number of amides is 1. The van der Waals surface area contributed by atoms with E-state index in [2.05, 4.69) is 51.6 Å². The van der Waals surface area contributed by atoms with Gasteiger partial charge in [0.15, 0.2) is 5.16 Å². The molecule has 0 bridgehead atoms. The third-order valence-corrected chi connectivity index (χ3v) is 4.94. The van der Waals surface area contributed by atoms with Crippen molar-refractivity contribution < 1.29 is 4.79 Å². The fourth-order valence-corrected chi connectivity index (χ4v) is 3.34. The molecule has 0 aliphatic heterocycles. The highest BCUT2D eigenvalue weighted by Gasteiger charge is 2.14. The molecule has 0 saturated heterocycles. The lowest BCUT2D eigenvalue weighted by molar-refractivity contribution is -0.113. The standard InChI is InChI=1S/C17H22BrN3OS/c1-11(2)9-21-13(4)12(3)19-17(21)23-10-16(22)20-15-7-5-14(18)6-8-15/h5-8,11H,9-10H2,1-4H3,(H,20,22). The van der Waals surface area contributed by atoms with Gasteiger partial charge in [-0.2, -0.15) is 0 Å². The Morgan fingerprint density at radius 2 is 1.96 bits per heavy atom. The molecule has 6 heteroatoms. The smallest absolute Gasteiger partial charge is 0.234 e. The number of imidazole rings is 1. The van der Waals surface area contributed by atoms with Crippen molar-refractivity contribution in [3.05, 3.63) is 40.1 Å². The maximum Gasteiger partial charge on any atom is 0.234 e. The highest BCUT2D eigenvalue weighted by atomic mass is 79.9. The summed E-state index contributed by atoms with van der Waals surface area (Å²) in [5, 5.41) is 3.82. The predicted molar refractivity (Wildman–Crippen MR) is 100 cm³/mol. The van der Waals surface area contributed by atoms with E-state index in [0.29, 0.717) is 11.7 Å². The van der Waals surface area contributed by atoms with Crippen LogP contribution in [0, 0.1) is 19.8 Å². The number of thioether (sulfide) groups is 1. The van der Waals surface area contributed by atoms with E-state index in [1.165, 1.54) is 17.5 Å². The van der Waals surface area contributed by atoms with Crippen molar-refractivity contribution in [2.24, 2.45) is 5.92 Å². The van der Waals surface area contributed by atoms with Crippen LogP contribution in [0.1, 0.15) is 25.2 Å². The zero-order chi connectivity index (χ0) is 17.0. The van der Waals surface area contributed by atoms with Gasteiger partial charge in [-0.3, -0.25) is 4.79 Å². The molecular weight excluding hydrogens is 374 g/mol. The number of hydrogen-bond acceptors (Lipinski definition) is 3. The minimum atomic E-state index is -0.0216. The minimum absolute atomic E-state index is 0.0216. The number of carbonyl (C=O) groups is 1. The van der Waals surface area contributed by atoms with E-state index in [-0.39, 0.29) is 5.91 Å². The Morgan fingerprint density at radius 3 is 2.57 bits per heavy atom. The zero-order valence-corrected chi connectivity index (χ0v) is 16.3. The molecule has 2 rings (SSSR count). The van der Waals surface area contributed by atoms with E-state index >= 15 is 0 Å². The summed E-state index contributed by atoms with van der Waals surface area (Å²) in [6, 6.07) is 7.57. The number of aromatic nitrogens is 2. The molecule has 0 aliphatic rings. The molecular formula is C17H22BrN3OS. The molecule has 0 spiro atoms. The van der Waals surface area contributed by atoms with Crippen molar-refractivity contribution in [2.75, 3.05) is 11.1 Å². The average Bonchev–Trinajstić information content (AvgIpc) is 2.75. The van der Waals surface area contributed by atoms with Gasteiger partial charge < -0.3 is 9.88 Å². The van der Waals surface area contributed by atoms with Crippen LogP contribution in [0.15, 0.2) is 33.9 Å². The Hall–Kier alpha value is -1.27. The van der Waals surface area contributed by atoms with E-state index in [4.69, 9.17) is 0 Å². The van der Waals surface area contributed by atoms with Crippen LogP contribution in [0.4, 0.5) is 5.69 Å². The molecule has 0 atom stereocenters. The Bertz CT molecular complexity index is 680. The molecule has 1 aromatic heterocycles. The van der Waals surface area contributed by atoms with Gasteiger partial charge in [0, 0.05) is 22.4 Å². The Kier molecular flexibility index (Phi) is 6.30. The van der Waals surface area contributed by atoms with Gasteiger partial charge in [0.2, 0.25) is 5.91 Å². The molecule has 1 aromatic carbocycles. The molecule has 0 saturated carbocycles. The van der Waals surface area contributed by atoms with Crippen molar-refractivity contribution in [1.29, 1.82) is 0 Å². The number of carbonyl (C=O) groups excluding carboxylic acids is 1. The Morgan fingerprint density at radius 1 is 1.30 bits per heavy atom. The number of benzene rings is 1. The fourth-order valence-electron chi connectivity index (χ4n) is 2.17. The van der Waals surface area contributed by atoms with Crippen LogP contribution in [-0.2, 0) is 11.3 Å². The summed E-state index contributed by atoms with van der Waals surface area (Å²) >= 11 is 4.87. The number of aryl methyl sites for hydroxylation is 1. The first kappa shape index (κ1) is 18.1. The number of nitrogens with zero attached hydrogens (tertiary/aromatic N) is 2. The van der Waals surface area contributed by atoms with Crippen LogP contribution in [0.3, 0.4) is 0 Å². The van der Waals surface area contributed by atoms with Crippen molar-refractivity contribution in [3.63, 3.8) is 0 Å². The molecule has 2 aromatic rings. The normalized spacial score (nSPS) is 11.0. The molecule has 4 nitrogen and oxygen atoms in total. The first-order valence-electron chi connectivity index (χ1n) is 7.58. The molecule has 124 valence electrons. The van der Waals surface area contributed by atoms with Crippen molar-refractivity contribution in [1.82, 2.24) is 9.55 Å². The Balaban J connectivity index is 1.98. The highest BCUT2D eigenvalue weighted by molar-refractivity contribution is 9.10. The second-order valence-corrected chi connectivity index (χ2v) is 7.77. The van der Waals surface area contributed by atoms with Crippen molar-refractivity contribution in [3.8, 4) is 0 Å². The first-order chi connectivity index (χ1) is 10.9. The fraction of sp³-hybridized carbons (Fsp3) is 0.412. The lowest BCUT2D eigenvalue weighted by Gasteiger charge is -2.12. The minimum Gasteiger partial charge on any atom is -0.325 e. The zero-order valence-electron chi connectivity index (χ0n) is 13.9. The van der Waals surface area contributed by atoms with Gasteiger partial charge in [-0.05, 0) is 44.0 Å². The number of halogens is 1. The summed E-state index contributed by atoms with van der Waals surface area (Å²) in [5.74, 6) is 0.870. The molecule has 23 heavy (non-hydrogen) atoms. The summed E-state index contributed by atoms with van der Waals surface area (Å²) in [5.41, 5.74) is 3.01. The first-order valence-corrected chi connectivity index (χ1v) is 9.36. The van der Waals surface area contributed by atoms with E-state index in [0.717, 1.165) is 27.6 Å². The summed E-state index contributed by atoms with van der Waals surface area (Å²) < 4.78 is 3.20. The average molecular weight is 396 g/mol. The largest absolute Gasteiger partial charge is 0.325 e. The summed E-state index contributed by atoms with van der Waals surface area (Å²) in [7, 11) is 0. The summed E-state index contributed by atoms with van der Waals surface area (Å²) in [6.07, 6.45) is 0. The van der Waals surface area contributed by atoms with Gasteiger partial charge >= 0.3 is 0 Å². The molecule has 1 N–H and O–H groups in total. The maximum atomic E-state index is 12.1. The quantitative estimate of drug-likeness (QED) is 0.723. The van der Waals surface area contributed by atoms with Gasteiger partial charge in [0.25, 0.3) is 0 Å². The molecule has 0 unspecified atom stereocenters. The van der Waals surface area contributed by atoms with Gasteiger partial charge in [-0.25, -0.2) is 4.98 Å². The van der Waals surface area contributed by atoms with Crippen molar-refractivity contribution in [2.45, 2.75) is 39.4 Å². The lowest BCUT2D eigenvalue weighted by Crippen LogP contribution is -2.15. The third kappa shape index (κ3) is 5.11. The molecule has 1 amide bonds. The molecule has 0 fully saturated rings. The van der Waals surface area contributed by atoms with Gasteiger partial charge in [0.05, 0.1) is 11.4 Å². The summed E-state index contributed by atoms with van der Waals surface area (Å²) in [4.78, 5) is 16.7. The number of hydrogen-bond donors (Lipinski definition) is 1. The topological polar surface area (TPSA) is 46.9 Å². The predicted octanol–water partition coefficient (Wildman–Crippen LogP) is 4.65. The van der Waals surface area contributed by atoms with Crippen LogP contribution in [0.2, 0.25) is 0 Å². The van der Waals surface area contributed by atoms with E-state index in [1.54, 1.807) is 0 Å². The number of nitrogens with one attached hydrogen (secondary N) is 1. The van der Waals surface area contributed by atoms with Crippen LogP contribution >= 0.6 is 27.7 Å². The molecule has 0 aliphatic carbocycles. The molecule has 1 heterocycles. The van der Waals surface area contributed by atoms with Crippen LogP contribution in [0.25, 0.3) is 0 Å².